The average molecular weight is 456 g/mol. The molecule has 0 radical (unpaired) electrons. The third-order valence-electron chi connectivity index (χ3n) is 5.42. The zero-order valence-electron chi connectivity index (χ0n) is 18.0. The van der Waals surface area contributed by atoms with Crippen molar-refractivity contribution < 1.29 is 14.6 Å². The number of aryl methyl sites for hydroxylation is 3. The van der Waals surface area contributed by atoms with E-state index in [4.69, 9.17) is 16.3 Å². The number of aliphatic hydroxyl groups excluding tert-OH is 1. The summed E-state index contributed by atoms with van der Waals surface area (Å²) in [5.74, 6) is -0.816. The molecule has 1 unspecified atom stereocenters. The number of esters is 1. The van der Waals surface area contributed by atoms with E-state index < -0.39 is 12.1 Å². The molecule has 4 rings (SSSR count). The van der Waals surface area contributed by atoms with Crippen LogP contribution in [0.3, 0.4) is 0 Å². The summed E-state index contributed by atoms with van der Waals surface area (Å²) in [6, 6.07) is 6.95. The molecule has 0 spiro atoms. The molecule has 10 heteroatoms. The van der Waals surface area contributed by atoms with E-state index in [0.29, 0.717) is 33.0 Å². The monoisotopic (exact) mass is 455 g/mol. The number of hydrogen-bond donors (Lipinski definition) is 1. The second kappa shape index (κ2) is 8.25. The number of aliphatic hydroxyl groups is 1. The molecule has 0 amide bonds. The van der Waals surface area contributed by atoms with Gasteiger partial charge in [-0.15, -0.1) is 0 Å². The first kappa shape index (κ1) is 21.8. The number of carbonyl (C=O) groups excluding carboxylic acids is 1. The van der Waals surface area contributed by atoms with Crippen LogP contribution in [-0.2, 0) is 30.2 Å². The van der Waals surface area contributed by atoms with Crippen LogP contribution in [0, 0.1) is 6.92 Å². The van der Waals surface area contributed by atoms with Gasteiger partial charge in [-0.25, -0.2) is 14.6 Å². The number of nitrogens with zero attached hydrogens (tertiary/aromatic N) is 5. The molecule has 0 fully saturated rings. The normalized spacial score (nSPS) is 12.3. The first-order chi connectivity index (χ1) is 15.2. The van der Waals surface area contributed by atoms with Crippen molar-refractivity contribution in [1.29, 1.82) is 0 Å². The second-order valence-electron chi connectivity index (χ2n) is 7.54. The van der Waals surface area contributed by atoms with E-state index in [0.717, 1.165) is 5.56 Å². The fraction of sp³-hybridized carbons (Fsp3) is 0.273. The highest BCUT2D eigenvalue weighted by Crippen LogP contribution is 2.37. The summed E-state index contributed by atoms with van der Waals surface area (Å²) >= 11 is 6.07. The van der Waals surface area contributed by atoms with Gasteiger partial charge in [0.15, 0.2) is 11.8 Å². The SMILES string of the molecule is COC(=O)C(O)c1c(C)nc2c(c1-c1ccc(Cl)cc1)n(C)c(=O)n2Cc1cnn(C)c1. The van der Waals surface area contributed by atoms with Crippen LogP contribution in [0.15, 0.2) is 41.5 Å². The summed E-state index contributed by atoms with van der Waals surface area (Å²) in [6.45, 7) is 1.96. The van der Waals surface area contributed by atoms with Crippen LogP contribution in [0.2, 0.25) is 5.02 Å². The number of carbonyl (C=O) groups is 1. The number of hydrogen-bond acceptors (Lipinski definition) is 6. The summed E-state index contributed by atoms with van der Waals surface area (Å²) in [5, 5.41) is 15.5. The molecule has 1 N–H and O–H groups in total. The molecule has 0 bridgehead atoms. The Morgan fingerprint density at radius 2 is 1.94 bits per heavy atom. The highest BCUT2D eigenvalue weighted by atomic mass is 35.5. The Kier molecular flexibility index (Phi) is 5.62. The topological polar surface area (TPSA) is 104 Å². The van der Waals surface area contributed by atoms with Crippen LogP contribution in [0.4, 0.5) is 0 Å². The van der Waals surface area contributed by atoms with E-state index in [2.05, 4.69) is 10.1 Å². The Hall–Kier alpha value is -3.43. The van der Waals surface area contributed by atoms with E-state index in [9.17, 15) is 14.7 Å². The first-order valence-corrected chi connectivity index (χ1v) is 10.2. The molecule has 4 aromatic rings. The molecule has 9 nitrogen and oxygen atoms in total. The Balaban J connectivity index is 2.07. The maximum atomic E-state index is 13.2. The lowest BCUT2D eigenvalue weighted by Crippen LogP contribution is -2.22. The van der Waals surface area contributed by atoms with Gasteiger partial charge >= 0.3 is 11.7 Å². The maximum Gasteiger partial charge on any atom is 0.339 e. The van der Waals surface area contributed by atoms with Crippen LogP contribution in [-0.4, -0.2) is 42.1 Å². The Labute approximate surface area is 188 Å². The fourth-order valence-electron chi connectivity index (χ4n) is 3.92. The Bertz CT molecular complexity index is 1380. The van der Waals surface area contributed by atoms with Gasteiger partial charge in [0.05, 0.1) is 25.4 Å². The highest BCUT2D eigenvalue weighted by Gasteiger charge is 2.29. The lowest BCUT2D eigenvalue weighted by atomic mass is 9.94. The summed E-state index contributed by atoms with van der Waals surface area (Å²) in [7, 11) is 4.64. The molecule has 0 aliphatic rings. The standard InChI is InChI=1S/C22H22ClN5O4/c1-12-16(19(29)21(30)32-4)17(14-5-7-15(23)8-6-14)18-20(25-12)28(22(31)27(18)3)11-13-9-24-26(2)10-13/h5-10,19,29H,11H2,1-4H3. The average Bonchev–Trinajstić information content (AvgIpc) is 3.28. The molecule has 0 saturated carbocycles. The zero-order chi connectivity index (χ0) is 23.2. The molecule has 166 valence electrons. The van der Waals surface area contributed by atoms with Crippen molar-refractivity contribution >= 4 is 28.7 Å². The van der Waals surface area contributed by atoms with Crippen molar-refractivity contribution in [2.75, 3.05) is 7.11 Å². The van der Waals surface area contributed by atoms with Gasteiger partial charge < -0.3 is 9.84 Å². The molecule has 3 aromatic heterocycles. The van der Waals surface area contributed by atoms with E-state index in [1.807, 2.05) is 6.20 Å². The maximum absolute atomic E-state index is 13.2. The van der Waals surface area contributed by atoms with Crippen molar-refractivity contribution in [3.63, 3.8) is 0 Å². The first-order valence-electron chi connectivity index (χ1n) is 9.82. The molecule has 3 heterocycles. The van der Waals surface area contributed by atoms with Crippen LogP contribution in [0.5, 0.6) is 0 Å². The van der Waals surface area contributed by atoms with Crippen molar-refractivity contribution in [1.82, 2.24) is 23.9 Å². The lowest BCUT2D eigenvalue weighted by molar-refractivity contribution is -0.150. The van der Waals surface area contributed by atoms with Crippen molar-refractivity contribution in [3.05, 3.63) is 69.0 Å². The summed E-state index contributed by atoms with van der Waals surface area (Å²) < 4.78 is 9.44. The van der Waals surface area contributed by atoms with E-state index in [-0.39, 0.29) is 17.8 Å². The summed E-state index contributed by atoms with van der Waals surface area (Å²) in [6.07, 6.45) is 1.95. The number of rotatable bonds is 5. The molecule has 0 saturated heterocycles. The van der Waals surface area contributed by atoms with Crippen molar-refractivity contribution in [3.8, 4) is 11.1 Å². The van der Waals surface area contributed by atoms with E-state index in [1.54, 1.807) is 60.7 Å². The lowest BCUT2D eigenvalue weighted by Gasteiger charge is -2.18. The van der Waals surface area contributed by atoms with Gasteiger partial charge in [0.2, 0.25) is 0 Å². The van der Waals surface area contributed by atoms with Crippen molar-refractivity contribution in [2.45, 2.75) is 19.6 Å². The molecule has 1 aromatic carbocycles. The van der Waals surface area contributed by atoms with Gasteiger partial charge in [0.1, 0.15) is 0 Å². The molecular weight excluding hydrogens is 434 g/mol. The second-order valence-corrected chi connectivity index (χ2v) is 7.98. The zero-order valence-corrected chi connectivity index (χ0v) is 18.8. The molecule has 0 aliphatic heterocycles. The van der Waals surface area contributed by atoms with Crippen LogP contribution >= 0.6 is 11.6 Å². The summed E-state index contributed by atoms with van der Waals surface area (Å²) in [4.78, 5) is 30.1. The highest BCUT2D eigenvalue weighted by molar-refractivity contribution is 6.30. The number of fused-ring (bicyclic) bond motifs is 1. The minimum Gasteiger partial charge on any atom is -0.467 e. The summed E-state index contributed by atoms with van der Waals surface area (Å²) in [5.41, 5.74) is 3.37. The smallest absolute Gasteiger partial charge is 0.339 e. The molecular formula is C22H22ClN5O4. The molecule has 32 heavy (non-hydrogen) atoms. The van der Waals surface area contributed by atoms with Crippen molar-refractivity contribution in [2.24, 2.45) is 14.1 Å². The molecule has 1 atom stereocenters. The van der Waals surface area contributed by atoms with Crippen LogP contribution < -0.4 is 5.69 Å². The van der Waals surface area contributed by atoms with Gasteiger partial charge in [-0.3, -0.25) is 13.8 Å². The minimum atomic E-state index is -1.57. The predicted octanol–water partition coefficient (Wildman–Crippen LogP) is 2.35. The number of pyridine rings is 1. The largest absolute Gasteiger partial charge is 0.467 e. The van der Waals surface area contributed by atoms with Gasteiger partial charge in [-0.05, 0) is 24.6 Å². The minimum absolute atomic E-state index is 0.273. The number of halogens is 1. The molecule has 0 aliphatic carbocycles. The van der Waals surface area contributed by atoms with Crippen LogP contribution in [0.25, 0.3) is 22.3 Å². The van der Waals surface area contributed by atoms with Gasteiger partial charge in [-0.1, -0.05) is 23.7 Å². The van der Waals surface area contributed by atoms with E-state index in [1.165, 1.54) is 11.7 Å². The number of imidazole rings is 1. The number of aromatic nitrogens is 5. The third kappa shape index (κ3) is 3.59. The van der Waals surface area contributed by atoms with Gasteiger partial charge in [0, 0.05) is 47.7 Å². The number of methoxy groups -OCH3 is 1. The Morgan fingerprint density at radius 1 is 1.25 bits per heavy atom. The van der Waals surface area contributed by atoms with Gasteiger partial charge in [-0.2, -0.15) is 5.10 Å². The third-order valence-corrected chi connectivity index (χ3v) is 5.67. The predicted molar refractivity (Wildman–Crippen MR) is 119 cm³/mol. The van der Waals surface area contributed by atoms with E-state index >= 15 is 0 Å². The van der Waals surface area contributed by atoms with Crippen LogP contribution in [0.1, 0.15) is 22.9 Å². The number of benzene rings is 1. The number of ether oxygens (including phenoxy) is 1. The Morgan fingerprint density at radius 3 is 2.53 bits per heavy atom. The van der Waals surface area contributed by atoms with Gasteiger partial charge in [0.25, 0.3) is 0 Å². The fourth-order valence-corrected chi connectivity index (χ4v) is 4.04. The quantitative estimate of drug-likeness (QED) is 0.463.